The molecule has 1 aliphatic rings. The maximum absolute atomic E-state index is 11.1. The molecule has 0 radical (unpaired) electrons. The van der Waals surface area contributed by atoms with E-state index >= 15 is 0 Å². The largest absolute Gasteiger partial charge is 0.480 e. The van der Waals surface area contributed by atoms with Crippen LogP contribution in [0.5, 0.6) is 0 Å². The summed E-state index contributed by atoms with van der Waals surface area (Å²) in [7, 11) is 0. The summed E-state index contributed by atoms with van der Waals surface area (Å²) in [5, 5.41) is 12.3. The molecule has 0 heterocycles. The number of aliphatic carboxylic acids is 1. The lowest BCUT2D eigenvalue weighted by Crippen LogP contribution is -2.38. The maximum atomic E-state index is 11.1. The third-order valence-electron chi connectivity index (χ3n) is 3.49. The molecule has 3 nitrogen and oxygen atoms in total. The van der Waals surface area contributed by atoms with Crippen LogP contribution in [0.25, 0.3) is 0 Å². The van der Waals surface area contributed by atoms with E-state index in [4.69, 9.17) is 5.11 Å². The van der Waals surface area contributed by atoms with Gasteiger partial charge in [0.1, 0.15) is 6.04 Å². The van der Waals surface area contributed by atoms with Crippen LogP contribution in [-0.4, -0.2) is 17.1 Å². The van der Waals surface area contributed by atoms with Crippen LogP contribution in [0.3, 0.4) is 0 Å². The van der Waals surface area contributed by atoms with Gasteiger partial charge < -0.3 is 10.4 Å². The normalized spacial score (nSPS) is 17.4. The Morgan fingerprint density at radius 3 is 2.59 bits per heavy atom. The van der Waals surface area contributed by atoms with Crippen molar-refractivity contribution in [1.82, 2.24) is 5.32 Å². The second kappa shape index (κ2) is 5.82. The average Bonchev–Trinajstić information content (AvgIpc) is 2.27. The highest BCUT2D eigenvalue weighted by molar-refractivity contribution is 5.73. The third kappa shape index (κ3) is 3.56. The summed E-state index contributed by atoms with van der Waals surface area (Å²) in [5.74, 6) is -0.118. The molecule has 0 saturated heterocycles. The molecule has 2 rings (SSSR count). The SMILES string of the molecule is O=C(O)C(CC1CCC1)NCc1ccccc1. The van der Waals surface area contributed by atoms with Crippen LogP contribution >= 0.6 is 0 Å². The number of nitrogens with one attached hydrogen (secondary N) is 1. The van der Waals surface area contributed by atoms with Gasteiger partial charge in [0.25, 0.3) is 0 Å². The first-order valence-corrected chi connectivity index (χ1v) is 6.26. The Bertz CT molecular complexity index is 360. The zero-order valence-corrected chi connectivity index (χ0v) is 9.93. The zero-order chi connectivity index (χ0) is 12.1. The van der Waals surface area contributed by atoms with Gasteiger partial charge in [-0.2, -0.15) is 0 Å². The molecular weight excluding hydrogens is 214 g/mol. The van der Waals surface area contributed by atoms with E-state index in [1.165, 1.54) is 19.3 Å². The smallest absolute Gasteiger partial charge is 0.320 e. The topological polar surface area (TPSA) is 49.3 Å². The molecule has 1 aromatic carbocycles. The average molecular weight is 233 g/mol. The fraction of sp³-hybridized carbons (Fsp3) is 0.500. The standard InChI is InChI=1S/C14H19NO2/c16-14(17)13(9-11-7-4-8-11)15-10-12-5-2-1-3-6-12/h1-3,5-6,11,13,15H,4,7-10H2,(H,16,17). The molecular formula is C14H19NO2. The lowest BCUT2D eigenvalue weighted by atomic mass is 9.81. The molecule has 0 spiro atoms. The van der Waals surface area contributed by atoms with Crippen molar-refractivity contribution in [3.63, 3.8) is 0 Å². The monoisotopic (exact) mass is 233 g/mol. The molecule has 1 saturated carbocycles. The Kier molecular flexibility index (Phi) is 4.15. The van der Waals surface area contributed by atoms with Crippen LogP contribution in [0.1, 0.15) is 31.2 Å². The fourth-order valence-electron chi connectivity index (χ4n) is 2.17. The summed E-state index contributed by atoms with van der Waals surface area (Å²) in [4.78, 5) is 11.1. The van der Waals surface area contributed by atoms with Crippen LogP contribution in [0.4, 0.5) is 0 Å². The summed E-state index contributed by atoms with van der Waals surface area (Å²) in [6.07, 6.45) is 4.41. The predicted octanol–water partition coefficient (Wildman–Crippen LogP) is 2.42. The molecule has 0 aliphatic heterocycles. The highest BCUT2D eigenvalue weighted by atomic mass is 16.4. The number of carboxylic acid groups (broad SMARTS) is 1. The van der Waals surface area contributed by atoms with Gasteiger partial charge in [-0.05, 0) is 17.9 Å². The molecule has 0 aromatic heterocycles. The summed E-state index contributed by atoms with van der Waals surface area (Å²) in [6, 6.07) is 9.52. The Morgan fingerprint density at radius 1 is 1.35 bits per heavy atom. The molecule has 1 aromatic rings. The third-order valence-corrected chi connectivity index (χ3v) is 3.49. The molecule has 3 heteroatoms. The first kappa shape index (κ1) is 12.1. The number of carbonyl (C=O) groups is 1. The Hall–Kier alpha value is -1.35. The minimum absolute atomic E-state index is 0.402. The lowest BCUT2D eigenvalue weighted by Gasteiger charge is -2.28. The van der Waals surface area contributed by atoms with E-state index in [0.29, 0.717) is 12.5 Å². The molecule has 1 unspecified atom stereocenters. The van der Waals surface area contributed by atoms with Crippen LogP contribution in [0, 0.1) is 5.92 Å². The maximum Gasteiger partial charge on any atom is 0.320 e. The molecule has 2 N–H and O–H groups in total. The number of benzene rings is 1. The van der Waals surface area contributed by atoms with Crippen LogP contribution in [-0.2, 0) is 11.3 Å². The van der Waals surface area contributed by atoms with Crippen LogP contribution in [0.15, 0.2) is 30.3 Å². The quantitative estimate of drug-likeness (QED) is 0.793. The first-order valence-electron chi connectivity index (χ1n) is 6.26. The lowest BCUT2D eigenvalue weighted by molar-refractivity contribution is -0.140. The van der Waals surface area contributed by atoms with Gasteiger partial charge in [-0.25, -0.2) is 0 Å². The van der Waals surface area contributed by atoms with Crippen molar-refractivity contribution in [2.45, 2.75) is 38.3 Å². The molecule has 1 aliphatic carbocycles. The Balaban J connectivity index is 1.82. The van der Waals surface area contributed by atoms with E-state index in [1.807, 2.05) is 30.3 Å². The summed E-state index contributed by atoms with van der Waals surface area (Å²) in [5.41, 5.74) is 1.13. The van der Waals surface area contributed by atoms with Crippen molar-refractivity contribution in [3.8, 4) is 0 Å². The number of hydrogen-bond donors (Lipinski definition) is 2. The number of rotatable bonds is 6. The van der Waals surface area contributed by atoms with Crippen molar-refractivity contribution >= 4 is 5.97 Å². The van der Waals surface area contributed by atoms with Crippen molar-refractivity contribution in [2.75, 3.05) is 0 Å². The van der Waals surface area contributed by atoms with E-state index in [2.05, 4.69) is 5.32 Å². The van der Waals surface area contributed by atoms with Gasteiger partial charge in [0.05, 0.1) is 0 Å². The van der Waals surface area contributed by atoms with Gasteiger partial charge >= 0.3 is 5.97 Å². The Morgan fingerprint density at radius 2 is 2.06 bits per heavy atom. The van der Waals surface area contributed by atoms with Crippen molar-refractivity contribution < 1.29 is 9.90 Å². The predicted molar refractivity (Wildman–Crippen MR) is 66.7 cm³/mol. The van der Waals surface area contributed by atoms with E-state index in [0.717, 1.165) is 12.0 Å². The minimum atomic E-state index is -0.729. The molecule has 17 heavy (non-hydrogen) atoms. The van der Waals surface area contributed by atoms with Crippen molar-refractivity contribution in [1.29, 1.82) is 0 Å². The van der Waals surface area contributed by atoms with Crippen LogP contribution < -0.4 is 5.32 Å². The molecule has 0 amide bonds. The zero-order valence-electron chi connectivity index (χ0n) is 9.93. The van der Waals surface area contributed by atoms with Gasteiger partial charge in [0.15, 0.2) is 0 Å². The second-order valence-corrected chi connectivity index (χ2v) is 4.79. The Labute approximate surface area is 102 Å². The molecule has 0 bridgehead atoms. The summed E-state index contributed by atoms with van der Waals surface area (Å²) in [6.45, 7) is 0.629. The van der Waals surface area contributed by atoms with Crippen molar-refractivity contribution in [3.05, 3.63) is 35.9 Å². The number of carboxylic acids is 1. The van der Waals surface area contributed by atoms with E-state index in [1.54, 1.807) is 0 Å². The van der Waals surface area contributed by atoms with E-state index < -0.39 is 12.0 Å². The van der Waals surface area contributed by atoms with Crippen LogP contribution in [0.2, 0.25) is 0 Å². The van der Waals surface area contributed by atoms with E-state index in [9.17, 15) is 4.79 Å². The summed E-state index contributed by atoms with van der Waals surface area (Å²) >= 11 is 0. The molecule has 92 valence electrons. The van der Waals surface area contributed by atoms with Gasteiger partial charge in [-0.1, -0.05) is 49.6 Å². The minimum Gasteiger partial charge on any atom is -0.480 e. The highest BCUT2D eigenvalue weighted by Gasteiger charge is 2.25. The summed E-state index contributed by atoms with van der Waals surface area (Å²) < 4.78 is 0. The fourth-order valence-corrected chi connectivity index (χ4v) is 2.17. The number of hydrogen-bond acceptors (Lipinski definition) is 2. The van der Waals surface area contributed by atoms with Gasteiger partial charge in [0, 0.05) is 6.54 Å². The van der Waals surface area contributed by atoms with Gasteiger partial charge in [-0.3, -0.25) is 4.79 Å². The van der Waals surface area contributed by atoms with Crippen molar-refractivity contribution in [2.24, 2.45) is 5.92 Å². The molecule has 1 fully saturated rings. The highest BCUT2D eigenvalue weighted by Crippen LogP contribution is 2.30. The first-order chi connectivity index (χ1) is 8.25. The molecule has 1 atom stereocenters. The van der Waals surface area contributed by atoms with Gasteiger partial charge in [-0.15, -0.1) is 0 Å². The van der Waals surface area contributed by atoms with Gasteiger partial charge in [0.2, 0.25) is 0 Å². The second-order valence-electron chi connectivity index (χ2n) is 4.79. The van der Waals surface area contributed by atoms with E-state index in [-0.39, 0.29) is 0 Å².